The summed E-state index contributed by atoms with van der Waals surface area (Å²) >= 11 is 0. The molecule has 2 aromatic heterocycles. The number of carbonyl (C=O) groups is 1. The first-order chi connectivity index (χ1) is 11.3. The molecule has 112 valence electrons. The fourth-order valence-corrected chi connectivity index (χ4v) is 2.50. The third-order valence-corrected chi connectivity index (χ3v) is 3.56. The van der Waals surface area contributed by atoms with E-state index in [1.165, 1.54) is 0 Å². The van der Waals surface area contributed by atoms with Gasteiger partial charge in [0, 0.05) is 17.3 Å². The molecule has 0 radical (unpaired) electrons. The van der Waals surface area contributed by atoms with E-state index < -0.39 is 0 Å². The minimum Gasteiger partial charge on any atom is -0.345 e. The molecule has 0 bridgehead atoms. The number of hydrogen-bond acceptors (Lipinski definition) is 3. The zero-order valence-electron chi connectivity index (χ0n) is 12.1. The van der Waals surface area contributed by atoms with Crippen molar-refractivity contribution in [3.63, 3.8) is 0 Å². The number of urea groups is 1. The molecule has 23 heavy (non-hydrogen) atoms. The van der Waals surface area contributed by atoms with Crippen LogP contribution in [0.15, 0.2) is 61.1 Å². The molecule has 6 nitrogen and oxygen atoms in total. The van der Waals surface area contributed by atoms with Gasteiger partial charge in [-0.15, -0.1) is 0 Å². The van der Waals surface area contributed by atoms with E-state index in [2.05, 4.69) is 25.6 Å². The molecule has 0 spiro atoms. The lowest BCUT2D eigenvalue weighted by Crippen LogP contribution is -2.19. The van der Waals surface area contributed by atoms with Crippen LogP contribution in [0.3, 0.4) is 0 Å². The second kappa shape index (κ2) is 5.42. The highest BCUT2D eigenvalue weighted by Gasteiger charge is 2.07. The Kier molecular flexibility index (Phi) is 3.12. The summed E-state index contributed by atoms with van der Waals surface area (Å²) in [4.78, 5) is 23.7. The Morgan fingerprint density at radius 1 is 1.00 bits per heavy atom. The maximum Gasteiger partial charge on any atom is 0.323 e. The Morgan fingerprint density at radius 3 is 2.87 bits per heavy atom. The van der Waals surface area contributed by atoms with Crippen LogP contribution in [0.5, 0.6) is 0 Å². The summed E-state index contributed by atoms with van der Waals surface area (Å²) in [6, 6.07) is 14.7. The van der Waals surface area contributed by atoms with Crippen molar-refractivity contribution < 1.29 is 4.79 Å². The average molecular weight is 303 g/mol. The van der Waals surface area contributed by atoms with Crippen LogP contribution in [0.1, 0.15) is 0 Å². The minimum atomic E-state index is -0.318. The highest BCUT2D eigenvalue weighted by molar-refractivity contribution is 6.05. The predicted molar refractivity (Wildman–Crippen MR) is 90.5 cm³/mol. The van der Waals surface area contributed by atoms with Crippen LogP contribution in [0, 0.1) is 0 Å². The van der Waals surface area contributed by atoms with E-state index in [4.69, 9.17) is 0 Å². The number of anilines is 2. The molecule has 0 saturated heterocycles. The Hall–Kier alpha value is -3.41. The predicted octanol–water partition coefficient (Wildman–Crippen LogP) is 3.76. The van der Waals surface area contributed by atoms with Crippen molar-refractivity contribution in [2.45, 2.75) is 0 Å². The van der Waals surface area contributed by atoms with Crippen molar-refractivity contribution in [3.05, 3.63) is 61.1 Å². The molecule has 0 aliphatic carbocycles. The highest BCUT2D eigenvalue weighted by atomic mass is 16.2. The molecule has 2 aromatic carbocycles. The van der Waals surface area contributed by atoms with Crippen LogP contribution >= 0.6 is 0 Å². The number of hydrogen-bond donors (Lipinski definition) is 3. The molecule has 0 aliphatic heterocycles. The van der Waals surface area contributed by atoms with E-state index in [-0.39, 0.29) is 6.03 Å². The summed E-state index contributed by atoms with van der Waals surface area (Å²) in [5, 5.41) is 6.62. The van der Waals surface area contributed by atoms with Gasteiger partial charge in [-0.1, -0.05) is 18.2 Å². The number of amides is 2. The van der Waals surface area contributed by atoms with Gasteiger partial charge in [0.2, 0.25) is 0 Å². The van der Waals surface area contributed by atoms with E-state index in [1.54, 1.807) is 12.5 Å². The largest absolute Gasteiger partial charge is 0.345 e. The van der Waals surface area contributed by atoms with Gasteiger partial charge in [-0.3, -0.25) is 4.98 Å². The Morgan fingerprint density at radius 2 is 1.91 bits per heavy atom. The van der Waals surface area contributed by atoms with Gasteiger partial charge < -0.3 is 15.6 Å². The van der Waals surface area contributed by atoms with Crippen LogP contribution in [-0.2, 0) is 0 Å². The number of aromatic nitrogens is 3. The van der Waals surface area contributed by atoms with Gasteiger partial charge in [-0.25, -0.2) is 9.78 Å². The summed E-state index contributed by atoms with van der Waals surface area (Å²) < 4.78 is 0. The number of H-pyrrole nitrogens is 1. The van der Waals surface area contributed by atoms with Crippen LogP contribution in [0.25, 0.3) is 21.9 Å². The van der Waals surface area contributed by atoms with Crippen molar-refractivity contribution in [3.8, 4) is 0 Å². The van der Waals surface area contributed by atoms with Gasteiger partial charge in [-0.2, -0.15) is 0 Å². The summed E-state index contributed by atoms with van der Waals surface area (Å²) in [6.45, 7) is 0. The molecule has 0 saturated carbocycles. The zero-order chi connectivity index (χ0) is 15.6. The first kappa shape index (κ1) is 13.3. The van der Waals surface area contributed by atoms with Crippen molar-refractivity contribution in [2.24, 2.45) is 0 Å². The van der Waals surface area contributed by atoms with E-state index in [0.717, 1.165) is 21.9 Å². The standard InChI is InChI=1S/C17H13N5O/c23-17(21-12-6-7-13-15(9-12)20-10-19-13)22-14-5-1-3-11-4-2-8-18-16(11)14/h1-10H,(H,19,20)(H2,21,22,23). The first-order valence-electron chi connectivity index (χ1n) is 7.14. The Bertz CT molecular complexity index is 1000. The number of carbonyl (C=O) groups excluding carboxylic acids is 1. The lowest BCUT2D eigenvalue weighted by atomic mass is 10.2. The number of pyridine rings is 1. The molecule has 0 unspecified atom stereocenters. The number of nitrogens with one attached hydrogen (secondary N) is 3. The van der Waals surface area contributed by atoms with Crippen LogP contribution in [0.2, 0.25) is 0 Å². The summed E-state index contributed by atoms with van der Waals surface area (Å²) in [5.74, 6) is 0. The molecule has 0 atom stereocenters. The molecule has 0 aliphatic rings. The average Bonchev–Trinajstić information content (AvgIpc) is 3.03. The SMILES string of the molecule is O=C(Nc1ccc2nc[nH]c2c1)Nc1cccc2cccnc12. The highest BCUT2D eigenvalue weighted by Crippen LogP contribution is 2.21. The minimum absolute atomic E-state index is 0.318. The molecular formula is C17H13N5O. The maximum atomic E-state index is 12.2. The topological polar surface area (TPSA) is 82.7 Å². The smallest absolute Gasteiger partial charge is 0.323 e. The summed E-state index contributed by atoms with van der Waals surface area (Å²) in [7, 11) is 0. The summed E-state index contributed by atoms with van der Waals surface area (Å²) in [6.07, 6.45) is 3.33. The van der Waals surface area contributed by atoms with Crippen LogP contribution in [-0.4, -0.2) is 21.0 Å². The first-order valence-corrected chi connectivity index (χ1v) is 7.14. The fraction of sp³-hybridized carbons (Fsp3) is 0. The van der Waals surface area contributed by atoms with E-state index in [9.17, 15) is 4.79 Å². The molecule has 6 heteroatoms. The van der Waals surface area contributed by atoms with Gasteiger partial charge in [0.05, 0.1) is 28.6 Å². The number of imidazole rings is 1. The van der Waals surface area contributed by atoms with Crippen molar-refractivity contribution in [2.75, 3.05) is 10.6 Å². The van der Waals surface area contributed by atoms with Gasteiger partial charge in [0.15, 0.2) is 0 Å². The van der Waals surface area contributed by atoms with Gasteiger partial charge in [0.1, 0.15) is 0 Å². The molecule has 3 N–H and O–H groups in total. The van der Waals surface area contributed by atoms with Crippen molar-refractivity contribution in [1.29, 1.82) is 0 Å². The van der Waals surface area contributed by atoms with E-state index in [0.29, 0.717) is 11.4 Å². The normalized spacial score (nSPS) is 10.8. The van der Waals surface area contributed by atoms with Gasteiger partial charge in [-0.05, 0) is 30.3 Å². The van der Waals surface area contributed by atoms with E-state index in [1.807, 2.05) is 48.5 Å². The number of benzene rings is 2. The molecule has 2 heterocycles. The third kappa shape index (κ3) is 2.57. The second-order valence-electron chi connectivity index (χ2n) is 5.09. The summed E-state index contributed by atoms with van der Waals surface area (Å²) in [5.41, 5.74) is 3.84. The lowest BCUT2D eigenvalue weighted by Gasteiger charge is -2.09. The van der Waals surface area contributed by atoms with Gasteiger partial charge in [0.25, 0.3) is 0 Å². The van der Waals surface area contributed by atoms with Gasteiger partial charge >= 0.3 is 6.03 Å². The van der Waals surface area contributed by atoms with Crippen molar-refractivity contribution >= 4 is 39.3 Å². The Balaban J connectivity index is 1.57. The number of nitrogens with zero attached hydrogens (tertiary/aromatic N) is 2. The fourth-order valence-electron chi connectivity index (χ4n) is 2.50. The number of aromatic amines is 1. The molecule has 0 fully saturated rings. The van der Waals surface area contributed by atoms with E-state index >= 15 is 0 Å². The van der Waals surface area contributed by atoms with Crippen LogP contribution < -0.4 is 10.6 Å². The maximum absolute atomic E-state index is 12.2. The monoisotopic (exact) mass is 303 g/mol. The Labute approximate surface area is 131 Å². The van der Waals surface area contributed by atoms with Crippen LogP contribution in [0.4, 0.5) is 16.2 Å². The zero-order valence-corrected chi connectivity index (χ0v) is 12.1. The van der Waals surface area contributed by atoms with Crippen molar-refractivity contribution in [1.82, 2.24) is 15.0 Å². The molecule has 2 amide bonds. The molecular weight excluding hydrogens is 290 g/mol. The second-order valence-corrected chi connectivity index (χ2v) is 5.09. The quantitative estimate of drug-likeness (QED) is 0.527. The number of para-hydroxylation sites is 1. The number of fused-ring (bicyclic) bond motifs is 2. The lowest BCUT2D eigenvalue weighted by molar-refractivity contribution is 0.262. The molecule has 4 aromatic rings. The third-order valence-electron chi connectivity index (χ3n) is 3.56. The molecule has 4 rings (SSSR count). The number of rotatable bonds is 2.